The lowest BCUT2D eigenvalue weighted by Crippen LogP contribution is -2.53. The SMILES string of the molecule is COc1ccccc1C(NC(=O)CCNC(=O)C12CC3CC(CC(C3)C1)C2)c1nccn1C. The topological polar surface area (TPSA) is 85.2 Å². The predicted octanol–water partition coefficient (Wildman–Crippen LogP) is 3.36. The number of methoxy groups -OCH3 is 1. The van der Waals surface area contributed by atoms with Gasteiger partial charge in [-0.25, -0.2) is 4.98 Å². The Labute approximate surface area is 195 Å². The number of imidazole rings is 1. The molecule has 6 rings (SSSR count). The summed E-state index contributed by atoms with van der Waals surface area (Å²) in [5.41, 5.74) is 0.665. The van der Waals surface area contributed by atoms with Gasteiger partial charge >= 0.3 is 0 Å². The van der Waals surface area contributed by atoms with E-state index >= 15 is 0 Å². The summed E-state index contributed by atoms with van der Waals surface area (Å²) in [4.78, 5) is 30.5. The average Bonchev–Trinajstić information content (AvgIpc) is 3.22. The Balaban J connectivity index is 1.22. The number of aryl methyl sites for hydroxylation is 1. The molecule has 7 nitrogen and oxygen atoms in total. The zero-order valence-electron chi connectivity index (χ0n) is 19.5. The second-order valence-corrected chi connectivity index (χ2v) is 10.3. The fraction of sp³-hybridized carbons (Fsp3) is 0.577. The molecule has 2 N–H and O–H groups in total. The Bertz CT molecular complexity index is 995. The average molecular weight is 451 g/mol. The summed E-state index contributed by atoms with van der Waals surface area (Å²) in [6.07, 6.45) is 10.8. The molecule has 176 valence electrons. The standard InChI is InChI=1S/C26H34N4O3/c1-30-10-9-27-24(30)23(20-5-3-4-6-21(20)33-2)29-22(31)7-8-28-25(32)26-14-17-11-18(15-26)13-19(12-17)16-26/h3-6,9-10,17-19,23H,7-8,11-16H2,1-2H3,(H,28,32)(H,29,31). The van der Waals surface area contributed by atoms with Crippen molar-refractivity contribution < 1.29 is 14.3 Å². The summed E-state index contributed by atoms with van der Waals surface area (Å²) >= 11 is 0. The number of amides is 2. The van der Waals surface area contributed by atoms with Crippen molar-refractivity contribution in [2.24, 2.45) is 30.2 Å². The van der Waals surface area contributed by atoms with Crippen molar-refractivity contribution in [1.82, 2.24) is 20.2 Å². The number of benzene rings is 1. The van der Waals surface area contributed by atoms with E-state index in [4.69, 9.17) is 4.74 Å². The number of para-hydroxylation sites is 1. The highest BCUT2D eigenvalue weighted by molar-refractivity contribution is 5.84. The molecule has 1 unspecified atom stereocenters. The summed E-state index contributed by atoms with van der Waals surface area (Å²) < 4.78 is 7.43. The first-order chi connectivity index (χ1) is 16.0. The Morgan fingerprint density at radius 1 is 1.15 bits per heavy atom. The fourth-order valence-corrected chi connectivity index (χ4v) is 6.94. The second-order valence-electron chi connectivity index (χ2n) is 10.3. The third-order valence-electron chi connectivity index (χ3n) is 8.03. The number of hydrogen-bond donors (Lipinski definition) is 2. The molecule has 4 fully saturated rings. The van der Waals surface area contributed by atoms with E-state index in [2.05, 4.69) is 15.6 Å². The van der Waals surface area contributed by atoms with Crippen LogP contribution in [0.25, 0.3) is 0 Å². The third-order valence-corrected chi connectivity index (χ3v) is 8.03. The maximum absolute atomic E-state index is 13.2. The normalized spacial score (nSPS) is 28.4. The van der Waals surface area contributed by atoms with Crippen LogP contribution in [-0.2, 0) is 16.6 Å². The van der Waals surface area contributed by atoms with Crippen molar-refractivity contribution >= 4 is 11.8 Å². The molecule has 7 heteroatoms. The van der Waals surface area contributed by atoms with Gasteiger partial charge in [-0.15, -0.1) is 0 Å². The van der Waals surface area contributed by atoms with E-state index in [0.717, 1.165) is 48.4 Å². The first kappa shape index (κ1) is 22.0. The number of nitrogens with zero attached hydrogens (tertiary/aromatic N) is 2. The van der Waals surface area contributed by atoms with Crippen LogP contribution in [-0.4, -0.2) is 35.0 Å². The molecule has 0 aliphatic heterocycles. The van der Waals surface area contributed by atoms with E-state index in [1.165, 1.54) is 19.3 Å². The smallest absolute Gasteiger partial charge is 0.226 e. The van der Waals surface area contributed by atoms with Crippen molar-refractivity contribution in [2.45, 2.75) is 51.0 Å². The summed E-state index contributed by atoms with van der Waals surface area (Å²) in [5.74, 6) is 3.64. The Morgan fingerprint density at radius 2 is 1.82 bits per heavy atom. The molecule has 4 saturated carbocycles. The molecule has 2 amide bonds. The second kappa shape index (κ2) is 8.84. The third kappa shape index (κ3) is 4.25. The van der Waals surface area contributed by atoms with Crippen molar-refractivity contribution in [3.05, 3.63) is 48.0 Å². The molecule has 4 aliphatic rings. The van der Waals surface area contributed by atoms with Gasteiger partial charge in [-0.3, -0.25) is 9.59 Å². The number of rotatable bonds is 8. The summed E-state index contributed by atoms with van der Waals surface area (Å²) in [6.45, 7) is 0.353. The van der Waals surface area contributed by atoms with Crippen LogP contribution in [0.5, 0.6) is 5.75 Å². The maximum Gasteiger partial charge on any atom is 0.226 e. The van der Waals surface area contributed by atoms with Crippen LogP contribution in [0.15, 0.2) is 36.7 Å². The van der Waals surface area contributed by atoms with Gasteiger partial charge in [0, 0.05) is 43.4 Å². The van der Waals surface area contributed by atoms with Crippen LogP contribution in [0.4, 0.5) is 0 Å². The van der Waals surface area contributed by atoms with Crippen LogP contribution >= 0.6 is 0 Å². The Hall–Kier alpha value is -2.83. The van der Waals surface area contributed by atoms with Crippen molar-refractivity contribution in [3.8, 4) is 5.75 Å². The maximum atomic E-state index is 13.2. The molecule has 1 atom stereocenters. The number of carbonyl (C=O) groups excluding carboxylic acids is 2. The Kier molecular flexibility index (Phi) is 5.89. The van der Waals surface area contributed by atoms with Crippen molar-refractivity contribution in [3.63, 3.8) is 0 Å². The quantitative estimate of drug-likeness (QED) is 0.646. The summed E-state index contributed by atoms with van der Waals surface area (Å²) in [5, 5.41) is 6.21. The minimum absolute atomic E-state index is 0.125. The minimum Gasteiger partial charge on any atom is -0.496 e. The molecule has 1 aromatic carbocycles. The molecule has 4 bridgehead atoms. The summed E-state index contributed by atoms with van der Waals surface area (Å²) in [7, 11) is 3.53. The lowest BCUT2D eigenvalue weighted by Gasteiger charge is -2.55. The van der Waals surface area contributed by atoms with E-state index in [1.54, 1.807) is 13.3 Å². The highest BCUT2D eigenvalue weighted by Gasteiger charge is 2.54. The van der Waals surface area contributed by atoms with Gasteiger partial charge in [-0.05, 0) is 62.3 Å². The predicted molar refractivity (Wildman–Crippen MR) is 124 cm³/mol. The minimum atomic E-state index is -0.437. The van der Waals surface area contributed by atoms with Crippen molar-refractivity contribution in [1.29, 1.82) is 0 Å². The number of carbonyl (C=O) groups is 2. The van der Waals surface area contributed by atoms with Gasteiger partial charge < -0.3 is 19.9 Å². The number of ether oxygens (including phenoxy) is 1. The molecule has 4 aliphatic carbocycles. The number of nitrogens with one attached hydrogen (secondary N) is 2. The Morgan fingerprint density at radius 3 is 2.42 bits per heavy atom. The molecule has 1 aromatic heterocycles. The molecule has 33 heavy (non-hydrogen) atoms. The van der Waals surface area contributed by atoms with E-state index < -0.39 is 6.04 Å². The molecule has 0 saturated heterocycles. The van der Waals surface area contributed by atoms with Crippen LogP contribution in [0.1, 0.15) is 62.4 Å². The van der Waals surface area contributed by atoms with E-state index in [-0.39, 0.29) is 23.7 Å². The molecule has 1 heterocycles. The van der Waals surface area contributed by atoms with Gasteiger partial charge in [-0.1, -0.05) is 18.2 Å². The number of hydrogen-bond acceptors (Lipinski definition) is 4. The van der Waals surface area contributed by atoms with Crippen LogP contribution in [0.2, 0.25) is 0 Å². The zero-order chi connectivity index (χ0) is 23.0. The molecule has 2 aromatic rings. The highest BCUT2D eigenvalue weighted by Crippen LogP contribution is 2.60. The zero-order valence-corrected chi connectivity index (χ0v) is 19.5. The van der Waals surface area contributed by atoms with Crippen molar-refractivity contribution in [2.75, 3.05) is 13.7 Å². The lowest BCUT2D eigenvalue weighted by molar-refractivity contribution is -0.146. The largest absolute Gasteiger partial charge is 0.496 e. The molecule has 0 spiro atoms. The van der Waals surface area contributed by atoms with Gasteiger partial charge in [-0.2, -0.15) is 0 Å². The first-order valence-electron chi connectivity index (χ1n) is 12.2. The van der Waals surface area contributed by atoms with Gasteiger partial charge in [0.15, 0.2) is 0 Å². The first-order valence-corrected chi connectivity index (χ1v) is 12.2. The van der Waals surface area contributed by atoms with Gasteiger partial charge in [0.05, 0.1) is 7.11 Å². The number of aromatic nitrogens is 2. The van der Waals surface area contributed by atoms with Crippen LogP contribution < -0.4 is 15.4 Å². The van der Waals surface area contributed by atoms with E-state index in [9.17, 15) is 9.59 Å². The van der Waals surface area contributed by atoms with Gasteiger partial charge in [0.1, 0.15) is 17.6 Å². The monoisotopic (exact) mass is 450 g/mol. The molecular weight excluding hydrogens is 416 g/mol. The lowest BCUT2D eigenvalue weighted by atomic mass is 9.49. The van der Waals surface area contributed by atoms with Gasteiger partial charge in [0.2, 0.25) is 11.8 Å². The molecular formula is C26H34N4O3. The molecule has 0 radical (unpaired) electrons. The fourth-order valence-electron chi connectivity index (χ4n) is 6.94. The van der Waals surface area contributed by atoms with E-state index in [0.29, 0.717) is 12.3 Å². The highest BCUT2D eigenvalue weighted by atomic mass is 16.5. The van der Waals surface area contributed by atoms with E-state index in [1.807, 2.05) is 42.1 Å². The van der Waals surface area contributed by atoms with Gasteiger partial charge in [0.25, 0.3) is 0 Å². The van der Waals surface area contributed by atoms with Crippen LogP contribution in [0.3, 0.4) is 0 Å². The summed E-state index contributed by atoms with van der Waals surface area (Å²) in [6, 6.07) is 7.20. The van der Waals surface area contributed by atoms with Crippen LogP contribution in [0, 0.1) is 23.2 Å².